The highest BCUT2D eigenvalue weighted by molar-refractivity contribution is 7.09. The molecule has 0 aliphatic rings. The van der Waals surface area contributed by atoms with E-state index in [4.69, 9.17) is 9.47 Å². The van der Waals surface area contributed by atoms with Crippen molar-refractivity contribution in [1.82, 2.24) is 9.80 Å². The smallest absolute Gasteiger partial charge is 0.269 e. The van der Waals surface area contributed by atoms with Crippen LogP contribution in [0.3, 0.4) is 0 Å². The summed E-state index contributed by atoms with van der Waals surface area (Å²) in [5.41, 5.74) is 1.64. The van der Waals surface area contributed by atoms with E-state index < -0.39 is 4.92 Å². The first kappa shape index (κ1) is 30.4. The second kappa shape index (κ2) is 14.8. The van der Waals surface area contributed by atoms with E-state index in [1.165, 1.54) is 18.2 Å². The lowest BCUT2D eigenvalue weighted by atomic mass is 10.1. The molecule has 3 aromatic rings. The maximum absolute atomic E-state index is 13.6. The highest BCUT2D eigenvalue weighted by atomic mass is 32.1. The molecule has 0 unspecified atom stereocenters. The molecule has 2 aromatic carbocycles. The Morgan fingerprint density at radius 3 is 2.35 bits per heavy atom. The number of ether oxygens (including phenoxy) is 2. The van der Waals surface area contributed by atoms with Crippen LogP contribution in [0.1, 0.15) is 29.9 Å². The minimum Gasteiger partial charge on any atom is -0.493 e. The van der Waals surface area contributed by atoms with E-state index in [1.807, 2.05) is 49.6 Å². The first-order chi connectivity index (χ1) is 19.2. The standard InChI is InChI=1S/C30H35N3O6S/c1-22(2)19-32(29(34)14-10-23-7-11-25(12-8-23)33(36)37)21-30(35)31(20-26-6-5-17-40-26)16-15-24-9-13-27(38-3)28(18-24)39-4/h5-14,17-18,22H,15-16,19-21H2,1-4H3/b14-10+. The molecule has 0 atom stereocenters. The summed E-state index contributed by atoms with van der Waals surface area (Å²) in [6.45, 7) is 5.26. The number of benzene rings is 2. The first-order valence-corrected chi connectivity index (χ1v) is 13.8. The summed E-state index contributed by atoms with van der Waals surface area (Å²) >= 11 is 1.58. The zero-order valence-electron chi connectivity index (χ0n) is 23.2. The lowest BCUT2D eigenvalue weighted by Crippen LogP contribution is -2.44. The van der Waals surface area contributed by atoms with E-state index in [-0.39, 0.29) is 30.0 Å². The molecule has 0 aliphatic heterocycles. The van der Waals surface area contributed by atoms with Crippen molar-refractivity contribution >= 4 is 34.9 Å². The summed E-state index contributed by atoms with van der Waals surface area (Å²) in [5, 5.41) is 12.9. The van der Waals surface area contributed by atoms with Gasteiger partial charge in [-0.05, 0) is 65.3 Å². The van der Waals surface area contributed by atoms with Gasteiger partial charge >= 0.3 is 0 Å². The molecule has 212 valence electrons. The largest absolute Gasteiger partial charge is 0.493 e. The number of hydrogen-bond acceptors (Lipinski definition) is 7. The van der Waals surface area contributed by atoms with Gasteiger partial charge in [0.05, 0.1) is 25.7 Å². The predicted molar refractivity (Wildman–Crippen MR) is 157 cm³/mol. The molecule has 0 spiro atoms. The Hall–Kier alpha value is -4.18. The number of nitro benzene ring substituents is 1. The van der Waals surface area contributed by atoms with Gasteiger partial charge in [-0.25, -0.2) is 0 Å². The van der Waals surface area contributed by atoms with Crippen molar-refractivity contribution in [3.8, 4) is 11.5 Å². The lowest BCUT2D eigenvalue weighted by Gasteiger charge is -2.28. The summed E-state index contributed by atoms with van der Waals surface area (Å²) < 4.78 is 10.7. The molecule has 1 aromatic heterocycles. The zero-order valence-corrected chi connectivity index (χ0v) is 24.1. The first-order valence-electron chi connectivity index (χ1n) is 12.9. The third-order valence-corrected chi connectivity index (χ3v) is 7.00. The van der Waals surface area contributed by atoms with Crippen LogP contribution < -0.4 is 9.47 Å². The van der Waals surface area contributed by atoms with Gasteiger partial charge in [0.25, 0.3) is 5.69 Å². The quantitative estimate of drug-likeness (QED) is 0.146. The molecule has 40 heavy (non-hydrogen) atoms. The average Bonchev–Trinajstić information content (AvgIpc) is 3.46. The molecule has 10 heteroatoms. The average molecular weight is 566 g/mol. The van der Waals surface area contributed by atoms with E-state index in [1.54, 1.807) is 53.6 Å². The number of nitro groups is 1. The summed E-state index contributed by atoms with van der Waals surface area (Å²) in [4.78, 5) is 41.5. The predicted octanol–water partition coefficient (Wildman–Crippen LogP) is 5.44. The molecule has 0 fully saturated rings. The van der Waals surface area contributed by atoms with Crippen molar-refractivity contribution in [3.63, 3.8) is 0 Å². The minimum atomic E-state index is -0.471. The Morgan fingerprint density at radius 1 is 1.02 bits per heavy atom. The molecule has 9 nitrogen and oxygen atoms in total. The Morgan fingerprint density at radius 2 is 1.75 bits per heavy atom. The highest BCUT2D eigenvalue weighted by Gasteiger charge is 2.22. The summed E-state index contributed by atoms with van der Waals surface area (Å²) in [6.07, 6.45) is 3.62. The van der Waals surface area contributed by atoms with Gasteiger partial charge in [0, 0.05) is 36.2 Å². The van der Waals surface area contributed by atoms with Gasteiger partial charge in [0.15, 0.2) is 11.5 Å². The topological polar surface area (TPSA) is 102 Å². The number of carbonyl (C=O) groups excluding carboxylic acids is 2. The molecular formula is C30H35N3O6S. The molecule has 0 radical (unpaired) electrons. The van der Waals surface area contributed by atoms with Crippen LogP contribution in [-0.4, -0.2) is 60.4 Å². The second-order valence-corrected chi connectivity index (χ2v) is 10.7. The lowest BCUT2D eigenvalue weighted by molar-refractivity contribution is -0.384. The van der Waals surface area contributed by atoms with E-state index >= 15 is 0 Å². The van der Waals surface area contributed by atoms with Gasteiger partial charge in [-0.2, -0.15) is 0 Å². The number of thiophene rings is 1. The fraction of sp³-hybridized carbons (Fsp3) is 0.333. The summed E-state index contributed by atoms with van der Waals surface area (Å²) in [5.74, 6) is 0.983. The molecular weight excluding hydrogens is 530 g/mol. The number of amides is 2. The van der Waals surface area contributed by atoms with Crippen LogP contribution in [0.5, 0.6) is 11.5 Å². The normalized spacial score (nSPS) is 11.0. The van der Waals surface area contributed by atoms with E-state index in [2.05, 4.69) is 0 Å². The van der Waals surface area contributed by atoms with Crippen LogP contribution in [0.4, 0.5) is 5.69 Å². The third-order valence-electron chi connectivity index (χ3n) is 6.14. The Balaban J connectivity index is 1.74. The monoisotopic (exact) mass is 565 g/mol. The number of non-ortho nitro benzene ring substituents is 1. The SMILES string of the molecule is COc1ccc(CCN(Cc2cccs2)C(=O)CN(CC(C)C)C(=O)/C=C/c2ccc([N+](=O)[O-])cc2)cc1OC. The van der Waals surface area contributed by atoms with Crippen molar-refractivity contribution in [2.75, 3.05) is 33.9 Å². The molecule has 0 N–H and O–H groups in total. The van der Waals surface area contributed by atoms with Crippen LogP contribution >= 0.6 is 11.3 Å². The van der Waals surface area contributed by atoms with Gasteiger partial charge < -0.3 is 19.3 Å². The molecule has 3 rings (SSSR count). The summed E-state index contributed by atoms with van der Waals surface area (Å²) in [7, 11) is 3.18. The van der Waals surface area contributed by atoms with Gasteiger partial charge in [0.1, 0.15) is 6.54 Å². The minimum absolute atomic E-state index is 0.0191. The van der Waals surface area contributed by atoms with Crippen LogP contribution in [-0.2, 0) is 22.6 Å². The van der Waals surface area contributed by atoms with Gasteiger partial charge in [-0.1, -0.05) is 26.0 Å². The van der Waals surface area contributed by atoms with E-state index in [9.17, 15) is 19.7 Å². The molecule has 0 saturated carbocycles. The molecule has 0 aliphatic carbocycles. The fourth-order valence-corrected chi connectivity index (χ4v) is 4.82. The molecule has 1 heterocycles. The van der Waals surface area contributed by atoms with Crippen LogP contribution in [0.25, 0.3) is 6.08 Å². The molecule has 2 amide bonds. The number of carbonyl (C=O) groups is 2. The zero-order chi connectivity index (χ0) is 29.1. The van der Waals surface area contributed by atoms with Crippen LogP contribution in [0, 0.1) is 16.0 Å². The number of hydrogen-bond donors (Lipinski definition) is 0. The Kier molecular flexibility index (Phi) is 11.3. The van der Waals surface area contributed by atoms with E-state index in [0.29, 0.717) is 43.1 Å². The van der Waals surface area contributed by atoms with Crippen LogP contribution in [0.2, 0.25) is 0 Å². The van der Waals surface area contributed by atoms with Gasteiger partial charge in [0.2, 0.25) is 11.8 Å². The number of rotatable bonds is 14. The van der Waals surface area contributed by atoms with Crippen molar-refractivity contribution in [1.29, 1.82) is 0 Å². The second-order valence-electron chi connectivity index (χ2n) is 9.63. The summed E-state index contributed by atoms with van der Waals surface area (Å²) in [6, 6.07) is 15.6. The number of nitrogens with zero attached hydrogens (tertiary/aromatic N) is 3. The maximum Gasteiger partial charge on any atom is 0.269 e. The van der Waals surface area contributed by atoms with Crippen molar-refractivity contribution in [2.24, 2.45) is 5.92 Å². The van der Waals surface area contributed by atoms with Gasteiger partial charge in [-0.15, -0.1) is 11.3 Å². The fourth-order valence-electron chi connectivity index (χ4n) is 4.10. The number of methoxy groups -OCH3 is 2. The molecule has 0 bridgehead atoms. The van der Waals surface area contributed by atoms with E-state index in [0.717, 1.165) is 10.4 Å². The maximum atomic E-state index is 13.6. The Bertz CT molecular complexity index is 1310. The van der Waals surface area contributed by atoms with Gasteiger partial charge in [-0.3, -0.25) is 19.7 Å². The molecule has 0 saturated heterocycles. The van der Waals surface area contributed by atoms with Crippen molar-refractivity contribution < 1.29 is 24.0 Å². The highest BCUT2D eigenvalue weighted by Crippen LogP contribution is 2.28. The third kappa shape index (κ3) is 8.94. The van der Waals surface area contributed by atoms with Crippen molar-refractivity contribution in [2.45, 2.75) is 26.8 Å². The van der Waals surface area contributed by atoms with Crippen LogP contribution in [0.15, 0.2) is 66.1 Å². The van der Waals surface area contributed by atoms with Crippen molar-refractivity contribution in [3.05, 3.63) is 92.2 Å². The Labute approximate surface area is 238 Å².